The summed E-state index contributed by atoms with van der Waals surface area (Å²) in [7, 11) is 7.40. The second-order valence-electron chi connectivity index (χ2n) is 10.1. The Balaban J connectivity index is 1.67. The second-order valence-corrected chi connectivity index (χ2v) is 12.8. The molecular weight excluding hydrogens is 605 g/mol. The van der Waals surface area contributed by atoms with Crippen LogP contribution in [0, 0.1) is 0 Å². The number of alkyl halides is 4. The van der Waals surface area contributed by atoms with Gasteiger partial charge in [0, 0.05) is 45.6 Å². The molecule has 4 rings (SSSR count). The maximum absolute atomic E-state index is 14.4. The molecule has 14 heteroatoms. The van der Waals surface area contributed by atoms with Crippen LogP contribution in [0.15, 0.2) is 71.6 Å². The minimum Gasteiger partial charge on any atom is -0.394 e. The van der Waals surface area contributed by atoms with Gasteiger partial charge in [0.1, 0.15) is 15.7 Å². The topological polar surface area (TPSA) is 88.4 Å². The lowest BCUT2D eigenvalue weighted by Crippen LogP contribution is -2.31. The molecule has 6 nitrogen and oxygen atoms in total. The quantitative estimate of drug-likeness (QED) is 0.188. The number of nitrogens with zero attached hydrogens (tertiary/aromatic N) is 1. The van der Waals surface area contributed by atoms with Gasteiger partial charge in [-0.05, 0) is 59.7 Å². The Bertz CT molecular complexity index is 1760. The first-order chi connectivity index (χ1) is 20.0. The van der Waals surface area contributed by atoms with E-state index in [1.54, 1.807) is 0 Å². The van der Waals surface area contributed by atoms with E-state index in [9.17, 15) is 35.9 Å². The standard InChI is InChI=1S/C29H25B2ClF4N2O4S/c1-2-43(41,42)23-8-4-17(5-9-23)25(15-39)37-27(40)19-6-10-26-20(11-19)13-22(38(26)16-28(30,31)33)12-18-3-7-21(32)14-24(18)29(34,35)36/h3-11,13-14,25,39H,2,12,15-16H2,1H3,(H,37,40)/t25-/m0/s1. The van der Waals surface area contributed by atoms with Crippen LogP contribution in [0.1, 0.15) is 45.7 Å². The Morgan fingerprint density at radius 3 is 2.28 bits per heavy atom. The van der Waals surface area contributed by atoms with E-state index in [0.717, 1.165) is 6.07 Å². The van der Waals surface area contributed by atoms with E-state index in [1.165, 1.54) is 72.2 Å². The molecule has 0 aliphatic rings. The van der Waals surface area contributed by atoms with Crippen LogP contribution in [0.5, 0.6) is 0 Å². The first-order valence-electron chi connectivity index (χ1n) is 13.0. The average molecular weight is 631 g/mol. The van der Waals surface area contributed by atoms with Gasteiger partial charge < -0.3 is 15.0 Å². The minimum absolute atomic E-state index is 0.0789. The Kier molecular flexibility index (Phi) is 9.39. The van der Waals surface area contributed by atoms with Crippen LogP contribution >= 0.6 is 11.6 Å². The number of benzene rings is 3. The molecule has 3 aromatic carbocycles. The number of nitrogens with one attached hydrogen (secondary N) is 1. The molecule has 0 spiro atoms. The van der Waals surface area contributed by atoms with Crippen LogP contribution in [-0.4, -0.2) is 57.5 Å². The van der Waals surface area contributed by atoms with Crippen molar-refractivity contribution in [3.63, 3.8) is 0 Å². The van der Waals surface area contributed by atoms with Gasteiger partial charge in [0.15, 0.2) is 9.84 Å². The van der Waals surface area contributed by atoms with Crippen LogP contribution in [-0.2, 0) is 29.0 Å². The van der Waals surface area contributed by atoms with E-state index in [0.29, 0.717) is 16.5 Å². The molecule has 4 aromatic rings. The van der Waals surface area contributed by atoms with Gasteiger partial charge in [-0.25, -0.2) is 8.42 Å². The second kappa shape index (κ2) is 12.4. The van der Waals surface area contributed by atoms with E-state index >= 15 is 0 Å². The highest BCUT2D eigenvalue weighted by Crippen LogP contribution is 2.36. The molecule has 0 saturated carbocycles. The summed E-state index contributed by atoms with van der Waals surface area (Å²) < 4.78 is 81.1. The summed E-state index contributed by atoms with van der Waals surface area (Å²) in [6.07, 6.45) is -4.96. The number of hydrogen-bond donors (Lipinski definition) is 2. The predicted molar refractivity (Wildman–Crippen MR) is 158 cm³/mol. The Labute approximate surface area is 253 Å². The fourth-order valence-electron chi connectivity index (χ4n) is 4.76. The number of carbonyl (C=O) groups excluding carboxylic acids is 1. The van der Waals surface area contributed by atoms with Gasteiger partial charge in [-0.1, -0.05) is 36.7 Å². The number of hydrogen-bond acceptors (Lipinski definition) is 4. The van der Waals surface area contributed by atoms with Gasteiger partial charge in [0.2, 0.25) is 0 Å². The number of fused-ring (bicyclic) bond motifs is 1. The normalized spacial score (nSPS) is 13.3. The number of halogens is 5. The van der Waals surface area contributed by atoms with Gasteiger partial charge >= 0.3 is 6.18 Å². The van der Waals surface area contributed by atoms with Crippen molar-refractivity contribution in [1.82, 2.24) is 9.88 Å². The summed E-state index contributed by atoms with van der Waals surface area (Å²) in [5, 5.41) is 12.9. The summed E-state index contributed by atoms with van der Waals surface area (Å²) in [6.45, 7) is 0.455. The Morgan fingerprint density at radius 2 is 1.70 bits per heavy atom. The maximum atomic E-state index is 14.4. The van der Waals surface area contributed by atoms with Gasteiger partial charge in [0.05, 0.1) is 28.9 Å². The van der Waals surface area contributed by atoms with Gasteiger partial charge in [-0.15, -0.1) is 0 Å². The number of aliphatic hydroxyl groups excluding tert-OH is 1. The highest BCUT2D eigenvalue weighted by atomic mass is 35.5. The molecule has 0 unspecified atom stereocenters. The summed E-state index contributed by atoms with van der Waals surface area (Å²) in [4.78, 5) is 13.3. The summed E-state index contributed by atoms with van der Waals surface area (Å²) in [5.74, 6) is -0.667. The van der Waals surface area contributed by atoms with Crippen molar-refractivity contribution in [3.8, 4) is 0 Å². The smallest absolute Gasteiger partial charge is 0.394 e. The van der Waals surface area contributed by atoms with Crippen molar-refractivity contribution in [2.75, 3.05) is 12.4 Å². The molecule has 4 radical (unpaired) electrons. The van der Waals surface area contributed by atoms with Crippen LogP contribution in [0.2, 0.25) is 5.02 Å². The first-order valence-corrected chi connectivity index (χ1v) is 15.0. The van der Waals surface area contributed by atoms with Crippen molar-refractivity contribution in [3.05, 3.63) is 99.7 Å². The third-order valence-electron chi connectivity index (χ3n) is 6.91. The van der Waals surface area contributed by atoms with Crippen molar-refractivity contribution >= 4 is 53.9 Å². The molecular formula is C29H25B2ClF4N2O4S. The molecule has 0 fully saturated rings. The molecule has 0 aliphatic heterocycles. The van der Waals surface area contributed by atoms with Crippen molar-refractivity contribution in [1.29, 1.82) is 0 Å². The fraction of sp³-hybridized carbons (Fsp3) is 0.276. The van der Waals surface area contributed by atoms with Crippen molar-refractivity contribution in [2.24, 2.45) is 0 Å². The molecule has 2 N–H and O–H groups in total. The van der Waals surface area contributed by atoms with E-state index in [1.807, 2.05) is 0 Å². The SMILES string of the molecule is [B]C([B])(F)Cn1c(Cc2ccc(Cl)cc2C(F)(F)F)cc2cc(C(=O)N[C@@H](CO)c3ccc(S(=O)(=O)CC)cc3)ccc21. The molecule has 1 atom stereocenters. The van der Waals surface area contributed by atoms with E-state index in [-0.39, 0.29) is 38.9 Å². The van der Waals surface area contributed by atoms with Gasteiger partial charge in [-0.3, -0.25) is 9.18 Å². The molecule has 1 heterocycles. The molecule has 0 bridgehead atoms. The maximum Gasteiger partial charge on any atom is 0.416 e. The predicted octanol–water partition coefficient (Wildman–Crippen LogP) is 5.12. The lowest BCUT2D eigenvalue weighted by molar-refractivity contribution is -0.138. The Hall–Kier alpha value is -3.28. The number of carbonyl (C=O) groups is 1. The highest BCUT2D eigenvalue weighted by molar-refractivity contribution is 7.91. The number of aliphatic hydroxyl groups is 1. The van der Waals surface area contributed by atoms with Crippen molar-refractivity contribution < 1.29 is 35.9 Å². The zero-order valence-electron chi connectivity index (χ0n) is 22.8. The first kappa shape index (κ1) is 32.6. The van der Waals surface area contributed by atoms with E-state index < -0.39 is 52.1 Å². The summed E-state index contributed by atoms with van der Waals surface area (Å²) in [6, 6.07) is 14.2. The fourth-order valence-corrected chi connectivity index (χ4v) is 5.81. The summed E-state index contributed by atoms with van der Waals surface area (Å²) in [5.41, 5.74) is -2.50. The third-order valence-corrected chi connectivity index (χ3v) is 8.89. The lowest BCUT2D eigenvalue weighted by atomic mass is 9.67. The number of aromatic nitrogens is 1. The number of rotatable bonds is 10. The minimum atomic E-state index is -4.69. The highest BCUT2D eigenvalue weighted by Gasteiger charge is 2.34. The largest absolute Gasteiger partial charge is 0.416 e. The molecule has 1 amide bonds. The molecule has 0 aliphatic carbocycles. The van der Waals surface area contributed by atoms with Crippen LogP contribution < -0.4 is 5.32 Å². The van der Waals surface area contributed by atoms with Gasteiger partial charge in [0.25, 0.3) is 5.91 Å². The third kappa shape index (κ3) is 7.63. The van der Waals surface area contributed by atoms with Gasteiger partial charge in [-0.2, -0.15) is 13.2 Å². The number of amides is 1. The van der Waals surface area contributed by atoms with E-state index in [4.69, 9.17) is 27.3 Å². The molecule has 1 aromatic heterocycles. The molecule has 0 saturated heterocycles. The average Bonchev–Trinajstić information content (AvgIpc) is 3.26. The molecule has 43 heavy (non-hydrogen) atoms. The molecule has 222 valence electrons. The lowest BCUT2D eigenvalue weighted by Gasteiger charge is -2.21. The zero-order chi connectivity index (χ0) is 31.7. The monoisotopic (exact) mass is 630 g/mol. The van der Waals surface area contributed by atoms with Crippen LogP contribution in [0.4, 0.5) is 17.6 Å². The zero-order valence-corrected chi connectivity index (χ0v) is 24.4. The summed E-state index contributed by atoms with van der Waals surface area (Å²) >= 11 is 5.81. The van der Waals surface area contributed by atoms with Crippen LogP contribution in [0.3, 0.4) is 0 Å². The van der Waals surface area contributed by atoms with E-state index in [2.05, 4.69) is 5.32 Å². The number of sulfone groups is 1. The Morgan fingerprint density at radius 1 is 1.02 bits per heavy atom. The van der Waals surface area contributed by atoms with Crippen LogP contribution in [0.25, 0.3) is 10.9 Å². The van der Waals surface area contributed by atoms with Crippen molar-refractivity contribution in [2.45, 2.75) is 42.5 Å².